The molecule has 0 radical (unpaired) electrons. The minimum Gasteiger partial charge on any atom is -0.296 e. The Hall–Kier alpha value is -1.75. The Morgan fingerprint density at radius 3 is 2.84 bits per heavy atom. The molecule has 1 fully saturated rings. The third-order valence-electron chi connectivity index (χ3n) is 3.30. The first-order valence-electron chi connectivity index (χ1n) is 6.04. The van der Waals surface area contributed by atoms with E-state index in [9.17, 15) is 9.59 Å². The number of pyridine rings is 1. The van der Waals surface area contributed by atoms with Crippen molar-refractivity contribution in [1.82, 2.24) is 10.3 Å². The van der Waals surface area contributed by atoms with Gasteiger partial charge in [-0.2, -0.15) is 0 Å². The quantitative estimate of drug-likeness (QED) is 0.822. The van der Waals surface area contributed by atoms with E-state index < -0.39 is 0 Å². The van der Waals surface area contributed by atoms with Crippen LogP contribution in [0.5, 0.6) is 0 Å². The number of nitrogens with one attached hydrogen (secondary N) is 1. The number of nitrogens with zero attached hydrogens (tertiary/aromatic N) is 1. The number of hydrogen-bond acceptors (Lipinski definition) is 3. The smallest absolute Gasteiger partial charge is 0.235 e. The number of amides is 2. The molecule has 4 nitrogen and oxygen atoms in total. The van der Waals surface area contributed by atoms with Crippen LogP contribution in [0.1, 0.15) is 24.5 Å². The number of hydrogen-bond donors (Lipinski definition) is 1. The van der Waals surface area contributed by atoms with Crippen molar-refractivity contribution >= 4 is 38.6 Å². The summed E-state index contributed by atoms with van der Waals surface area (Å²) >= 11 is 3.47. The number of piperidine rings is 1. The van der Waals surface area contributed by atoms with Crippen molar-refractivity contribution in [1.29, 1.82) is 0 Å². The Morgan fingerprint density at radius 2 is 2.05 bits per heavy atom. The first-order chi connectivity index (χ1) is 9.15. The zero-order chi connectivity index (χ0) is 13.4. The molecule has 96 valence electrons. The molecule has 3 rings (SSSR count). The van der Waals surface area contributed by atoms with E-state index in [0.717, 1.165) is 21.1 Å². The summed E-state index contributed by atoms with van der Waals surface area (Å²) < 4.78 is 0.979. The third kappa shape index (κ3) is 2.26. The first kappa shape index (κ1) is 12.3. The first-order valence-corrected chi connectivity index (χ1v) is 6.83. The lowest BCUT2D eigenvalue weighted by Gasteiger charge is -2.20. The molecule has 2 amide bonds. The van der Waals surface area contributed by atoms with Crippen LogP contribution < -0.4 is 5.32 Å². The lowest BCUT2D eigenvalue weighted by Crippen LogP contribution is -2.39. The maximum absolute atomic E-state index is 11.8. The molecule has 0 saturated carbocycles. The molecule has 1 N–H and O–H groups in total. The van der Waals surface area contributed by atoms with Crippen LogP contribution in [0.2, 0.25) is 0 Å². The minimum absolute atomic E-state index is 0.204. The summed E-state index contributed by atoms with van der Waals surface area (Å²) in [5.41, 5.74) is 1.56. The topological polar surface area (TPSA) is 59.1 Å². The predicted molar refractivity (Wildman–Crippen MR) is 74.6 cm³/mol. The van der Waals surface area contributed by atoms with Crippen LogP contribution in [-0.2, 0) is 9.59 Å². The highest BCUT2D eigenvalue weighted by Crippen LogP contribution is 2.27. The summed E-state index contributed by atoms with van der Waals surface area (Å²) in [6.07, 6.45) is 0.895. The second-order valence-corrected chi connectivity index (χ2v) is 5.40. The molecule has 1 saturated heterocycles. The van der Waals surface area contributed by atoms with E-state index in [1.807, 2.05) is 30.3 Å². The zero-order valence-electron chi connectivity index (χ0n) is 10.0. The fourth-order valence-corrected chi connectivity index (χ4v) is 2.79. The van der Waals surface area contributed by atoms with Crippen LogP contribution in [0.4, 0.5) is 0 Å². The normalized spacial score (nSPS) is 19.5. The maximum atomic E-state index is 11.8. The standard InChI is InChI=1S/C14H11BrN2O2/c15-10-2-1-3-11-8(10)4-6-12(16-11)9-5-7-13(18)17-14(9)19/h1-4,6,9H,5,7H2,(H,17,18,19). The van der Waals surface area contributed by atoms with Gasteiger partial charge in [0.2, 0.25) is 11.8 Å². The Balaban J connectivity index is 2.02. The number of aromatic nitrogens is 1. The van der Waals surface area contributed by atoms with Crippen molar-refractivity contribution in [2.24, 2.45) is 0 Å². The van der Waals surface area contributed by atoms with Gasteiger partial charge in [-0.1, -0.05) is 22.0 Å². The number of carbonyl (C=O) groups excluding carboxylic acids is 2. The zero-order valence-corrected chi connectivity index (χ0v) is 11.6. The third-order valence-corrected chi connectivity index (χ3v) is 3.99. The highest BCUT2D eigenvalue weighted by atomic mass is 79.9. The van der Waals surface area contributed by atoms with E-state index in [1.54, 1.807) is 0 Å². The summed E-state index contributed by atoms with van der Waals surface area (Å²) in [7, 11) is 0. The number of rotatable bonds is 1. The number of carbonyl (C=O) groups is 2. The van der Waals surface area contributed by atoms with E-state index >= 15 is 0 Å². The molecule has 1 aliphatic heterocycles. The molecule has 5 heteroatoms. The lowest BCUT2D eigenvalue weighted by atomic mass is 9.94. The van der Waals surface area contributed by atoms with Crippen LogP contribution in [0, 0.1) is 0 Å². The Morgan fingerprint density at radius 1 is 1.21 bits per heavy atom. The van der Waals surface area contributed by atoms with E-state index in [1.165, 1.54) is 0 Å². The average Bonchev–Trinajstić information content (AvgIpc) is 2.38. The number of imide groups is 1. The highest BCUT2D eigenvalue weighted by molar-refractivity contribution is 9.10. The Bertz CT molecular complexity index is 684. The number of fused-ring (bicyclic) bond motifs is 1. The SMILES string of the molecule is O=C1CCC(c2ccc3c(Br)cccc3n2)C(=O)N1. The van der Waals surface area contributed by atoms with Crippen molar-refractivity contribution < 1.29 is 9.59 Å². The van der Waals surface area contributed by atoms with E-state index in [0.29, 0.717) is 12.8 Å². The van der Waals surface area contributed by atoms with E-state index in [-0.39, 0.29) is 17.7 Å². The van der Waals surface area contributed by atoms with Gasteiger partial charge in [0.25, 0.3) is 0 Å². The van der Waals surface area contributed by atoms with Gasteiger partial charge in [-0.25, -0.2) is 0 Å². The number of halogens is 1. The van der Waals surface area contributed by atoms with Gasteiger partial charge >= 0.3 is 0 Å². The predicted octanol–water partition coefficient (Wildman–Crippen LogP) is 2.52. The van der Waals surface area contributed by atoms with E-state index in [4.69, 9.17) is 0 Å². The number of benzene rings is 1. The van der Waals surface area contributed by atoms with Gasteiger partial charge in [0.1, 0.15) is 0 Å². The van der Waals surface area contributed by atoms with Crippen molar-refractivity contribution in [3.8, 4) is 0 Å². The van der Waals surface area contributed by atoms with Crippen molar-refractivity contribution in [3.05, 3.63) is 40.5 Å². The van der Waals surface area contributed by atoms with Gasteiger partial charge in [-0.3, -0.25) is 19.9 Å². The molecule has 2 aromatic rings. The highest BCUT2D eigenvalue weighted by Gasteiger charge is 2.28. The summed E-state index contributed by atoms with van der Waals surface area (Å²) in [5, 5.41) is 3.37. The van der Waals surface area contributed by atoms with Gasteiger partial charge in [-0.05, 0) is 30.7 Å². The molecule has 1 aromatic carbocycles. The van der Waals surface area contributed by atoms with Crippen molar-refractivity contribution in [2.75, 3.05) is 0 Å². The lowest BCUT2D eigenvalue weighted by molar-refractivity contribution is -0.134. The Kier molecular flexibility index (Phi) is 3.06. The van der Waals surface area contributed by atoms with Crippen LogP contribution in [0.3, 0.4) is 0 Å². The molecule has 2 heterocycles. The Labute approximate surface area is 118 Å². The maximum Gasteiger partial charge on any atom is 0.235 e. The second-order valence-electron chi connectivity index (χ2n) is 4.55. The molecule has 0 aliphatic carbocycles. The van der Waals surface area contributed by atoms with Gasteiger partial charge in [-0.15, -0.1) is 0 Å². The summed E-state index contributed by atoms with van der Waals surface area (Å²) in [6, 6.07) is 9.58. The van der Waals surface area contributed by atoms with Crippen LogP contribution in [-0.4, -0.2) is 16.8 Å². The fraction of sp³-hybridized carbons (Fsp3) is 0.214. The monoisotopic (exact) mass is 318 g/mol. The van der Waals surface area contributed by atoms with Gasteiger partial charge < -0.3 is 0 Å². The fourth-order valence-electron chi connectivity index (χ4n) is 2.30. The van der Waals surface area contributed by atoms with Gasteiger partial charge in [0.05, 0.1) is 17.1 Å². The van der Waals surface area contributed by atoms with Crippen molar-refractivity contribution in [3.63, 3.8) is 0 Å². The summed E-state index contributed by atoms with van der Waals surface area (Å²) in [6.45, 7) is 0. The van der Waals surface area contributed by atoms with Crippen LogP contribution in [0.15, 0.2) is 34.8 Å². The molecule has 1 aliphatic rings. The average molecular weight is 319 g/mol. The second kappa shape index (κ2) is 4.74. The minimum atomic E-state index is -0.332. The molecule has 1 aromatic heterocycles. The molecule has 0 spiro atoms. The van der Waals surface area contributed by atoms with Gasteiger partial charge in [0.15, 0.2) is 0 Å². The molecular formula is C14H11BrN2O2. The molecule has 1 unspecified atom stereocenters. The van der Waals surface area contributed by atoms with Crippen LogP contribution in [0.25, 0.3) is 10.9 Å². The van der Waals surface area contributed by atoms with E-state index in [2.05, 4.69) is 26.2 Å². The largest absolute Gasteiger partial charge is 0.296 e. The summed E-state index contributed by atoms with van der Waals surface area (Å²) in [4.78, 5) is 27.5. The van der Waals surface area contributed by atoms with Crippen molar-refractivity contribution in [2.45, 2.75) is 18.8 Å². The van der Waals surface area contributed by atoms with Gasteiger partial charge in [0, 0.05) is 16.3 Å². The van der Waals surface area contributed by atoms with Crippen LogP contribution >= 0.6 is 15.9 Å². The molecular weight excluding hydrogens is 308 g/mol. The molecule has 0 bridgehead atoms. The molecule has 19 heavy (non-hydrogen) atoms. The summed E-state index contributed by atoms with van der Waals surface area (Å²) in [5.74, 6) is -0.788. The molecule has 1 atom stereocenters.